The molecule has 0 bridgehead atoms. The molecule has 1 heterocycles. The number of aliphatic hydroxyl groups is 3. The molecule has 0 aromatic rings. The van der Waals surface area contributed by atoms with Gasteiger partial charge in [-0.2, -0.15) is 0 Å². The average Bonchev–Trinajstić information content (AvgIpc) is 2.08. The van der Waals surface area contributed by atoms with Crippen molar-refractivity contribution in [2.75, 3.05) is 7.11 Å². The van der Waals surface area contributed by atoms with Gasteiger partial charge in [-0.3, -0.25) is 0 Å². The van der Waals surface area contributed by atoms with Crippen LogP contribution in [0, 0.1) is 0 Å². The number of ether oxygens (including phenoxy) is 2. The Hall–Kier alpha value is -0.200. The second-order valence-electron chi connectivity index (χ2n) is 2.92. The summed E-state index contributed by atoms with van der Waals surface area (Å²) >= 11 is 0. The van der Waals surface area contributed by atoms with E-state index in [9.17, 15) is 15.3 Å². The number of hydrogen-bond donors (Lipinski definition) is 3. The summed E-state index contributed by atoms with van der Waals surface area (Å²) in [5.41, 5.74) is 0. The quantitative estimate of drug-likeness (QED) is 0.453. The average molecular weight is 178 g/mol. The van der Waals surface area contributed by atoms with Crippen LogP contribution in [0.3, 0.4) is 0 Å². The highest BCUT2D eigenvalue weighted by Crippen LogP contribution is 2.20. The van der Waals surface area contributed by atoms with Gasteiger partial charge in [0.1, 0.15) is 18.3 Å². The van der Waals surface area contributed by atoms with Crippen LogP contribution in [-0.2, 0) is 9.47 Å². The highest BCUT2D eigenvalue weighted by molar-refractivity contribution is 4.86. The van der Waals surface area contributed by atoms with Gasteiger partial charge in [0.2, 0.25) is 0 Å². The molecule has 5 atom stereocenters. The summed E-state index contributed by atoms with van der Waals surface area (Å²) in [7, 11) is 1.37. The van der Waals surface area contributed by atoms with Crippen molar-refractivity contribution in [2.24, 2.45) is 0 Å². The van der Waals surface area contributed by atoms with Crippen molar-refractivity contribution in [3.63, 3.8) is 0 Å². The minimum absolute atomic E-state index is 0.534. The fraction of sp³-hybridized carbons (Fsp3) is 1.00. The van der Waals surface area contributed by atoms with Gasteiger partial charge in [0, 0.05) is 7.11 Å². The molecule has 0 aliphatic carbocycles. The molecule has 1 fully saturated rings. The van der Waals surface area contributed by atoms with Crippen molar-refractivity contribution < 1.29 is 24.8 Å². The summed E-state index contributed by atoms with van der Waals surface area (Å²) < 4.78 is 9.80. The third kappa shape index (κ3) is 1.60. The first-order valence-corrected chi connectivity index (χ1v) is 3.80. The summed E-state index contributed by atoms with van der Waals surface area (Å²) in [4.78, 5) is 0. The summed E-state index contributed by atoms with van der Waals surface area (Å²) in [5.74, 6) is 0. The topological polar surface area (TPSA) is 79.2 Å². The number of methoxy groups -OCH3 is 1. The Morgan fingerprint density at radius 1 is 1.08 bits per heavy atom. The van der Waals surface area contributed by atoms with Gasteiger partial charge in [-0.25, -0.2) is 0 Å². The third-order valence-corrected chi connectivity index (χ3v) is 2.04. The van der Waals surface area contributed by atoms with Crippen molar-refractivity contribution in [1.82, 2.24) is 0 Å². The lowest BCUT2D eigenvalue weighted by molar-refractivity contribution is -0.286. The van der Waals surface area contributed by atoms with Crippen molar-refractivity contribution in [1.29, 1.82) is 0 Å². The van der Waals surface area contributed by atoms with Gasteiger partial charge < -0.3 is 24.8 Å². The van der Waals surface area contributed by atoms with Crippen LogP contribution in [0.25, 0.3) is 0 Å². The molecule has 0 aromatic carbocycles. The van der Waals surface area contributed by atoms with Crippen LogP contribution in [0.15, 0.2) is 0 Å². The first kappa shape index (κ1) is 9.88. The van der Waals surface area contributed by atoms with E-state index >= 15 is 0 Å². The molecular weight excluding hydrogens is 164 g/mol. The Labute approximate surface area is 70.5 Å². The largest absolute Gasteiger partial charge is 0.388 e. The predicted octanol–water partition coefficient (Wildman–Crippen LogP) is -1.54. The Morgan fingerprint density at radius 2 is 1.67 bits per heavy atom. The van der Waals surface area contributed by atoms with Crippen LogP contribution >= 0.6 is 0 Å². The molecule has 0 aromatic heterocycles. The molecule has 0 spiro atoms. The van der Waals surface area contributed by atoms with Gasteiger partial charge in [0.25, 0.3) is 0 Å². The SMILES string of the molecule is COC1O[C@@H](C)C(O)[C@H](O)[C@H]1O. The molecule has 1 aliphatic rings. The highest BCUT2D eigenvalue weighted by atomic mass is 16.7. The second kappa shape index (κ2) is 3.68. The highest BCUT2D eigenvalue weighted by Gasteiger charge is 2.41. The first-order chi connectivity index (χ1) is 5.57. The fourth-order valence-corrected chi connectivity index (χ4v) is 1.21. The van der Waals surface area contributed by atoms with E-state index in [1.807, 2.05) is 0 Å². The van der Waals surface area contributed by atoms with E-state index in [-0.39, 0.29) is 0 Å². The summed E-state index contributed by atoms with van der Waals surface area (Å²) in [6, 6.07) is 0. The van der Waals surface area contributed by atoms with Crippen molar-refractivity contribution in [3.05, 3.63) is 0 Å². The van der Waals surface area contributed by atoms with Crippen LogP contribution in [0.5, 0.6) is 0 Å². The minimum Gasteiger partial charge on any atom is -0.388 e. The van der Waals surface area contributed by atoms with E-state index in [1.54, 1.807) is 6.92 Å². The fourth-order valence-electron chi connectivity index (χ4n) is 1.21. The molecule has 1 aliphatic heterocycles. The normalized spacial score (nSPS) is 49.2. The van der Waals surface area contributed by atoms with E-state index in [4.69, 9.17) is 9.47 Å². The van der Waals surface area contributed by atoms with Gasteiger partial charge >= 0.3 is 0 Å². The third-order valence-electron chi connectivity index (χ3n) is 2.04. The van der Waals surface area contributed by atoms with E-state index in [0.717, 1.165) is 0 Å². The molecule has 1 rings (SSSR count). The van der Waals surface area contributed by atoms with Gasteiger partial charge in [-0.1, -0.05) is 0 Å². The molecule has 3 N–H and O–H groups in total. The molecular formula is C7H14O5. The lowest BCUT2D eigenvalue weighted by Gasteiger charge is -2.38. The van der Waals surface area contributed by atoms with E-state index in [1.165, 1.54) is 7.11 Å². The van der Waals surface area contributed by atoms with Crippen LogP contribution in [0.4, 0.5) is 0 Å². The summed E-state index contributed by atoms with van der Waals surface area (Å²) in [5, 5.41) is 27.8. The van der Waals surface area contributed by atoms with Crippen LogP contribution < -0.4 is 0 Å². The maximum atomic E-state index is 9.27. The smallest absolute Gasteiger partial charge is 0.186 e. The molecule has 1 saturated heterocycles. The summed E-state index contributed by atoms with van der Waals surface area (Å²) in [6.07, 6.45) is -4.86. The van der Waals surface area contributed by atoms with Gasteiger partial charge in [-0.15, -0.1) is 0 Å². The van der Waals surface area contributed by atoms with E-state index in [2.05, 4.69) is 0 Å². The Morgan fingerprint density at radius 3 is 2.17 bits per heavy atom. The van der Waals surface area contributed by atoms with Gasteiger partial charge in [0.05, 0.1) is 6.10 Å². The van der Waals surface area contributed by atoms with Gasteiger partial charge in [-0.05, 0) is 6.92 Å². The number of hydrogen-bond acceptors (Lipinski definition) is 5. The van der Waals surface area contributed by atoms with Crippen molar-refractivity contribution in [3.8, 4) is 0 Å². The zero-order valence-electron chi connectivity index (χ0n) is 7.04. The molecule has 5 heteroatoms. The monoisotopic (exact) mass is 178 g/mol. The Balaban J connectivity index is 2.63. The van der Waals surface area contributed by atoms with E-state index in [0.29, 0.717) is 0 Å². The standard InChI is InChI=1S/C7H14O5/c1-3-4(8)5(9)6(10)7(11-2)12-3/h3-10H,1-2H3/t3-,4?,5-,6+,7?/m0/s1. The Bertz CT molecular complexity index is 146. The molecule has 72 valence electrons. The molecule has 0 saturated carbocycles. The predicted molar refractivity (Wildman–Crippen MR) is 39.4 cm³/mol. The van der Waals surface area contributed by atoms with Crippen molar-refractivity contribution >= 4 is 0 Å². The molecule has 5 nitrogen and oxygen atoms in total. The number of rotatable bonds is 1. The Kier molecular flexibility index (Phi) is 3.03. The summed E-state index contributed by atoms with van der Waals surface area (Å²) in [6.45, 7) is 1.60. The van der Waals surface area contributed by atoms with Gasteiger partial charge in [0.15, 0.2) is 6.29 Å². The first-order valence-electron chi connectivity index (χ1n) is 3.80. The van der Waals surface area contributed by atoms with E-state index < -0.39 is 30.7 Å². The second-order valence-corrected chi connectivity index (χ2v) is 2.92. The zero-order valence-corrected chi connectivity index (χ0v) is 7.04. The molecule has 0 amide bonds. The maximum Gasteiger partial charge on any atom is 0.186 e. The van der Waals surface area contributed by atoms with Crippen LogP contribution in [-0.4, -0.2) is 53.1 Å². The lowest BCUT2D eigenvalue weighted by atomic mass is 10.0. The molecule has 12 heavy (non-hydrogen) atoms. The maximum absolute atomic E-state index is 9.27. The molecule has 2 unspecified atom stereocenters. The number of aliphatic hydroxyl groups excluding tert-OH is 3. The lowest BCUT2D eigenvalue weighted by Crippen LogP contribution is -2.57. The van der Waals surface area contributed by atoms with Crippen LogP contribution in [0.1, 0.15) is 6.92 Å². The zero-order chi connectivity index (χ0) is 9.30. The van der Waals surface area contributed by atoms with Crippen LogP contribution in [0.2, 0.25) is 0 Å². The van der Waals surface area contributed by atoms with Crippen molar-refractivity contribution in [2.45, 2.75) is 37.6 Å². The molecule has 0 radical (unpaired) electrons. The minimum atomic E-state index is -1.21.